The number of methoxy groups -OCH3 is 1. The molecule has 0 atom stereocenters. The average Bonchev–Trinajstić information content (AvgIpc) is 2.80. The second-order valence-corrected chi connectivity index (χ2v) is 5.03. The highest BCUT2D eigenvalue weighted by Gasteiger charge is 2.31. The molecule has 4 heteroatoms. The Bertz CT molecular complexity index is 785. The Hall–Kier alpha value is -2.88. The van der Waals surface area contributed by atoms with Gasteiger partial charge in [-0.25, -0.2) is 0 Å². The number of ketones is 1. The zero-order valence-electron chi connectivity index (χ0n) is 12.0. The molecule has 110 valence electrons. The number of carbonyl (C=O) groups excluding carboxylic acids is 1. The molecule has 0 saturated carbocycles. The second kappa shape index (κ2) is 5.48. The number of carboxylic acids is 1. The molecular weight excluding hydrogens is 280 g/mol. The lowest BCUT2D eigenvalue weighted by Crippen LogP contribution is -2.05. The zero-order chi connectivity index (χ0) is 15.7. The molecule has 0 aliphatic heterocycles. The lowest BCUT2D eigenvalue weighted by atomic mass is 9.96. The molecule has 4 nitrogen and oxygen atoms in total. The largest absolute Gasteiger partial charge is 0.497 e. The number of carbonyl (C=O) groups is 2. The van der Waals surface area contributed by atoms with Crippen molar-refractivity contribution in [2.75, 3.05) is 7.11 Å². The summed E-state index contributed by atoms with van der Waals surface area (Å²) in [4.78, 5) is 23.6. The van der Waals surface area contributed by atoms with E-state index in [1.165, 1.54) is 0 Å². The van der Waals surface area contributed by atoms with Gasteiger partial charge in [0.15, 0.2) is 5.78 Å². The Labute approximate surface area is 127 Å². The Morgan fingerprint density at radius 2 is 1.68 bits per heavy atom. The molecule has 1 aliphatic carbocycles. The Morgan fingerprint density at radius 1 is 1.05 bits per heavy atom. The maximum atomic E-state index is 12.5. The number of hydrogen-bond acceptors (Lipinski definition) is 3. The van der Waals surface area contributed by atoms with Crippen molar-refractivity contribution in [3.05, 3.63) is 70.8 Å². The van der Waals surface area contributed by atoms with Crippen molar-refractivity contribution < 1.29 is 19.4 Å². The van der Waals surface area contributed by atoms with Crippen LogP contribution in [-0.4, -0.2) is 24.0 Å². The smallest absolute Gasteiger partial charge is 0.307 e. The van der Waals surface area contributed by atoms with E-state index < -0.39 is 5.97 Å². The monoisotopic (exact) mass is 294 g/mol. The number of benzene rings is 2. The van der Waals surface area contributed by atoms with E-state index in [0.29, 0.717) is 22.5 Å². The third-order valence-electron chi connectivity index (χ3n) is 3.72. The number of carboxylic acid groups (broad SMARTS) is 1. The van der Waals surface area contributed by atoms with Gasteiger partial charge in [0.2, 0.25) is 0 Å². The maximum Gasteiger partial charge on any atom is 0.307 e. The van der Waals surface area contributed by atoms with E-state index in [1.807, 2.05) is 24.3 Å². The van der Waals surface area contributed by atoms with E-state index >= 15 is 0 Å². The van der Waals surface area contributed by atoms with Gasteiger partial charge in [-0.05, 0) is 28.8 Å². The summed E-state index contributed by atoms with van der Waals surface area (Å²) in [5, 5.41) is 9.11. The fraction of sp³-hybridized carbons (Fsp3) is 0.111. The molecule has 0 spiro atoms. The summed E-state index contributed by atoms with van der Waals surface area (Å²) < 4.78 is 5.14. The van der Waals surface area contributed by atoms with Gasteiger partial charge in [-0.2, -0.15) is 0 Å². The first-order chi connectivity index (χ1) is 10.6. The summed E-state index contributed by atoms with van der Waals surface area (Å²) in [6, 6.07) is 14.5. The predicted octanol–water partition coefficient (Wildman–Crippen LogP) is 3.17. The topological polar surface area (TPSA) is 63.6 Å². The van der Waals surface area contributed by atoms with Crippen molar-refractivity contribution in [1.82, 2.24) is 0 Å². The minimum Gasteiger partial charge on any atom is -0.497 e. The molecule has 2 aromatic carbocycles. The van der Waals surface area contributed by atoms with Gasteiger partial charge in [0, 0.05) is 11.1 Å². The third kappa shape index (κ3) is 2.29. The quantitative estimate of drug-likeness (QED) is 0.940. The second-order valence-electron chi connectivity index (χ2n) is 5.03. The first-order valence-electron chi connectivity index (χ1n) is 6.85. The van der Waals surface area contributed by atoms with Crippen LogP contribution < -0.4 is 4.74 Å². The molecule has 0 unspecified atom stereocenters. The Kier molecular flexibility index (Phi) is 3.51. The third-order valence-corrected chi connectivity index (χ3v) is 3.72. The molecule has 0 radical (unpaired) electrons. The molecule has 2 aromatic rings. The normalized spacial score (nSPS) is 13.2. The van der Waals surface area contributed by atoms with Crippen LogP contribution in [0.1, 0.15) is 27.9 Å². The molecule has 22 heavy (non-hydrogen) atoms. The summed E-state index contributed by atoms with van der Waals surface area (Å²) in [5.41, 5.74) is 3.19. The van der Waals surface area contributed by atoms with Crippen LogP contribution in [0.2, 0.25) is 0 Å². The number of Topliss-reactive ketones (excluding diaryl/α,β-unsaturated/α-hetero) is 1. The van der Waals surface area contributed by atoms with Gasteiger partial charge >= 0.3 is 5.97 Å². The molecule has 0 saturated heterocycles. The Morgan fingerprint density at radius 3 is 2.27 bits per heavy atom. The average molecular weight is 294 g/mol. The van der Waals surface area contributed by atoms with Gasteiger partial charge in [0.05, 0.1) is 13.5 Å². The summed E-state index contributed by atoms with van der Waals surface area (Å²) in [6.07, 6.45) is -0.283. The van der Waals surface area contributed by atoms with Crippen molar-refractivity contribution in [3.8, 4) is 5.75 Å². The van der Waals surface area contributed by atoms with Crippen LogP contribution in [0.4, 0.5) is 0 Å². The van der Waals surface area contributed by atoms with Gasteiger partial charge in [-0.15, -0.1) is 0 Å². The molecule has 0 aromatic heterocycles. The van der Waals surface area contributed by atoms with E-state index in [-0.39, 0.29) is 12.2 Å². The molecule has 0 heterocycles. The van der Waals surface area contributed by atoms with Crippen LogP contribution in [0.25, 0.3) is 5.57 Å². The fourth-order valence-corrected chi connectivity index (χ4v) is 2.75. The predicted molar refractivity (Wildman–Crippen MR) is 82.0 cm³/mol. The summed E-state index contributed by atoms with van der Waals surface area (Å²) in [6.45, 7) is 0. The minimum absolute atomic E-state index is 0.205. The summed E-state index contributed by atoms with van der Waals surface area (Å²) >= 11 is 0. The molecule has 1 aliphatic rings. The number of rotatable bonds is 4. The number of hydrogen-bond donors (Lipinski definition) is 1. The SMILES string of the molecule is COc1ccc(C2=C(CC(=O)O)C(=O)c3ccccc32)cc1. The van der Waals surface area contributed by atoms with Gasteiger partial charge in [0.25, 0.3) is 0 Å². The minimum atomic E-state index is -1.01. The number of aliphatic carboxylic acids is 1. The molecule has 3 rings (SSSR count). The van der Waals surface area contributed by atoms with Crippen molar-refractivity contribution in [2.45, 2.75) is 6.42 Å². The highest BCUT2D eigenvalue weighted by Crippen LogP contribution is 2.39. The van der Waals surface area contributed by atoms with Crippen LogP contribution in [0.5, 0.6) is 5.75 Å². The lowest BCUT2D eigenvalue weighted by molar-refractivity contribution is -0.136. The molecule has 0 amide bonds. The summed E-state index contributed by atoms with van der Waals surface area (Å²) in [5.74, 6) is -0.507. The van der Waals surface area contributed by atoms with E-state index in [0.717, 1.165) is 11.1 Å². The fourth-order valence-electron chi connectivity index (χ4n) is 2.75. The first kappa shape index (κ1) is 14.1. The van der Waals surface area contributed by atoms with Gasteiger partial charge in [0.1, 0.15) is 5.75 Å². The van der Waals surface area contributed by atoms with E-state index in [4.69, 9.17) is 9.84 Å². The van der Waals surface area contributed by atoms with Crippen LogP contribution >= 0.6 is 0 Å². The van der Waals surface area contributed by atoms with E-state index in [9.17, 15) is 9.59 Å². The van der Waals surface area contributed by atoms with E-state index in [1.54, 1.807) is 31.4 Å². The zero-order valence-corrected chi connectivity index (χ0v) is 12.0. The van der Waals surface area contributed by atoms with Crippen molar-refractivity contribution >= 4 is 17.3 Å². The standard InChI is InChI=1S/C18H14O4/c1-22-12-8-6-11(7-9-12)17-13-4-2-3-5-14(13)18(21)15(17)10-16(19)20/h2-9H,10H2,1H3,(H,19,20). The number of fused-ring (bicyclic) bond motifs is 1. The lowest BCUT2D eigenvalue weighted by Gasteiger charge is -2.08. The van der Waals surface area contributed by atoms with Crippen molar-refractivity contribution in [1.29, 1.82) is 0 Å². The highest BCUT2D eigenvalue weighted by molar-refractivity contribution is 6.24. The summed E-state index contributed by atoms with van der Waals surface area (Å²) in [7, 11) is 1.58. The number of ether oxygens (including phenoxy) is 1. The van der Waals surface area contributed by atoms with Crippen LogP contribution in [0.15, 0.2) is 54.1 Å². The molecule has 0 fully saturated rings. The molecule has 0 bridgehead atoms. The maximum absolute atomic E-state index is 12.5. The van der Waals surface area contributed by atoms with Crippen LogP contribution in [-0.2, 0) is 4.79 Å². The van der Waals surface area contributed by atoms with Crippen LogP contribution in [0, 0.1) is 0 Å². The van der Waals surface area contributed by atoms with Crippen LogP contribution in [0.3, 0.4) is 0 Å². The van der Waals surface area contributed by atoms with Gasteiger partial charge in [-0.3, -0.25) is 9.59 Å². The van der Waals surface area contributed by atoms with Gasteiger partial charge < -0.3 is 9.84 Å². The van der Waals surface area contributed by atoms with Gasteiger partial charge in [-0.1, -0.05) is 36.4 Å². The first-order valence-corrected chi connectivity index (χ1v) is 6.85. The molecular formula is C18H14O4. The van der Waals surface area contributed by atoms with Crippen molar-refractivity contribution in [2.24, 2.45) is 0 Å². The Balaban J connectivity index is 2.18. The molecule has 1 N–H and O–H groups in total. The van der Waals surface area contributed by atoms with Crippen molar-refractivity contribution in [3.63, 3.8) is 0 Å². The highest BCUT2D eigenvalue weighted by atomic mass is 16.5. The van der Waals surface area contributed by atoms with E-state index in [2.05, 4.69) is 0 Å².